The van der Waals surface area contributed by atoms with Crippen molar-refractivity contribution in [3.63, 3.8) is 0 Å². The van der Waals surface area contributed by atoms with Gasteiger partial charge in [0, 0.05) is 18.8 Å². The van der Waals surface area contributed by atoms with E-state index >= 15 is 0 Å². The van der Waals surface area contributed by atoms with Crippen LogP contribution in [0, 0.1) is 5.92 Å². The molecule has 0 saturated carbocycles. The number of nitrogens with one attached hydrogen (secondary N) is 2. The molecule has 2 atom stereocenters. The van der Waals surface area contributed by atoms with Crippen LogP contribution in [0.15, 0.2) is 45.9 Å². The second kappa shape index (κ2) is 9.40. The number of carbonyl (C=O) groups excluding carboxylic acids is 2. The monoisotopic (exact) mass is 453 g/mol. The molecular weight excluding hydrogens is 426 g/mol. The van der Waals surface area contributed by atoms with Gasteiger partial charge in [-0.1, -0.05) is 20.3 Å². The minimum Gasteiger partial charge on any atom is -0.467 e. The molecule has 0 saturated heterocycles. The lowest BCUT2D eigenvalue weighted by molar-refractivity contribution is -0.124. The van der Waals surface area contributed by atoms with Gasteiger partial charge in [0.2, 0.25) is 18.1 Å². The molecule has 0 fully saturated rings. The Morgan fingerprint density at radius 2 is 1.94 bits per heavy atom. The summed E-state index contributed by atoms with van der Waals surface area (Å²) >= 11 is 0. The number of nitrogens with zero attached hydrogens (tertiary/aromatic N) is 1. The van der Waals surface area contributed by atoms with Crippen molar-refractivity contribution in [1.82, 2.24) is 15.2 Å². The average Bonchev–Trinajstić information content (AvgIpc) is 3.51. The first-order chi connectivity index (χ1) is 15.9. The van der Waals surface area contributed by atoms with Crippen LogP contribution in [-0.4, -0.2) is 29.2 Å². The molecule has 3 aromatic rings. The van der Waals surface area contributed by atoms with Crippen LogP contribution >= 0.6 is 0 Å². The number of fused-ring (bicyclic) bond motifs is 2. The zero-order chi connectivity index (χ0) is 23.5. The van der Waals surface area contributed by atoms with Crippen LogP contribution in [0.4, 0.5) is 0 Å². The fraction of sp³-hybridized carbons (Fsp3) is 0.375. The van der Waals surface area contributed by atoms with Gasteiger partial charge in [0.1, 0.15) is 17.4 Å². The summed E-state index contributed by atoms with van der Waals surface area (Å²) in [6.07, 6.45) is 3.72. The number of hydrogen-bond acceptors (Lipinski definition) is 6. The Bertz CT molecular complexity index is 1230. The highest BCUT2D eigenvalue weighted by Gasteiger charge is 2.28. The van der Waals surface area contributed by atoms with Crippen molar-refractivity contribution in [3.8, 4) is 11.5 Å². The maximum atomic E-state index is 13.2. The number of ether oxygens (including phenoxy) is 2. The number of aryl methyl sites for hydroxylation is 1. The lowest BCUT2D eigenvalue weighted by Crippen LogP contribution is -2.50. The second-order valence-electron chi connectivity index (χ2n) is 8.01. The third-order valence-electron chi connectivity index (χ3n) is 5.96. The lowest BCUT2D eigenvalue weighted by atomic mass is 9.97. The van der Waals surface area contributed by atoms with Gasteiger partial charge in [0.15, 0.2) is 11.5 Å². The van der Waals surface area contributed by atoms with Crippen LogP contribution in [0.3, 0.4) is 0 Å². The number of carbonyl (C=O) groups is 2. The summed E-state index contributed by atoms with van der Waals surface area (Å²) < 4.78 is 17.9. The third-order valence-corrected chi connectivity index (χ3v) is 5.96. The molecule has 2 N–H and O–H groups in total. The Labute approximate surface area is 190 Å². The SMILES string of the molecule is CCC(C)[C@@H](NC(=O)c1cn(CC)c2cc3c(cc2c1=O)OCO3)C(=O)NCc1ccco1. The van der Waals surface area contributed by atoms with Crippen LogP contribution in [0.1, 0.15) is 43.3 Å². The van der Waals surface area contributed by atoms with Crippen molar-refractivity contribution in [2.24, 2.45) is 5.92 Å². The summed E-state index contributed by atoms with van der Waals surface area (Å²) in [5.41, 5.74) is 0.192. The van der Waals surface area contributed by atoms with E-state index < -0.39 is 17.4 Å². The molecule has 1 aliphatic rings. The standard InChI is InChI=1S/C24H27N3O6/c1-4-14(3)21(24(30)25-11-15-7-6-8-31-15)26-23(29)17-12-27(5-2)18-10-20-19(32-13-33-20)9-16(18)22(17)28/h6-10,12,14,21H,4-5,11,13H2,1-3H3,(H,25,30)(H,26,29)/t14?,21-/m1/s1. The molecule has 2 aromatic heterocycles. The van der Waals surface area contributed by atoms with Crippen molar-refractivity contribution >= 4 is 22.7 Å². The number of aromatic nitrogens is 1. The molecule has 0 bridgehead atoms. The second-order valence-corrected chi connectivity index (χ2v) is 8.01. The highest BCUT2D eigenvalue weighted by atomic mass is 16.7. The van der Waals surface area contributed by atoms with Crippen LogP contribution < -0.4 is 25.5 Å². The predicted molar refractivity (Wildman–Crippen MR) is 121 cm³/mol. The lowest BCUT2D eigenvalue weighted by Gasteiger charge is -2.23. The third kappa shape index (κ3) is 4.44. The summed E-state index contributed by atoms with van der Waals surface area (Å²) in [5, 5.41) is 5.92. The first kappa shape index (κ1) is 22.4. The molecule has 9 nitrogen and oxygen atoms in total. The molecule has 1 aromatic carbocycles. The molecular formula is C24H27N3O6. The van der Waals surface area contributed by atoms with E-state index in [-0.39, 0.29) is 30.7 Å². The van der Waals surface area contributed by atoms with Gasteiger partial charge in [-0.25, -0.2) is 0 Å². The molecule has 0 spiro atoms. The number of amides is 2. The van der Waals surface area contributed by atoms with Crippen molar-refractivity contribution in [2.45, 2.75) is 46.3 Å². The Kier molecular flexibility index (Phi) is 6.39. The van der Waals surface area contributed by atoms with E-state index in [2.05, 4.69) is 10.6 Å². The molecule has 9 heteroatoms. The highest BCUT2D eigenvalue weighted by Crippen LogP contribution is 2.35. The quantitative estimate of drug-likeness (QED) is 0.543. The fourth-order valence-corrected chi connectivity index (χ4v) is 3.82. The summed E-state index contributed by atoms with van der Waals surface area (Å²) in [7, 11) is 0. The minimum atomic E-state index is -0.806. The predicted octanol–water partition coefficient (Wildman–Crippen LogP) is 2.80. The van der Waals surface area contributed by atoms with Crippen molar-refractivity contribution < 1.29 is 23.5 Å². The van der Waals surface area contributed by atoms with E-state index in [0.29, 0.717) is 41.1 Å². The summed E-state index contributed by atoms with van der Waals surface area (Å²) in [4.78, 5) is 39.3. The molecule has 3 heterocycles. The normalized spacial score (nSPS) is 14.2. The smallest absolute Gasteiger partial charge is 0.257 e. The van der Waals surface area contributed by atoms with Crippen molar-refractivity contribution in [2.75, 3.05) is 6.79 Å². The summed E-state index contributed by atoms with van der Waals surface area (Å²) in [6.45, 7) is 6.56. The Balaban J connectivity index is 1.63. The van der Waals surface area contributed by atoms with Crippen molar-refractivity contribution in [3.05, 3.63) is 58.3 Å². The molecule has 33 heavy (non-hydrogen) atoms. The maximum Gasteiger partial charge on any atom is 0.257 e. The molecule has 174 valence electrons. The van der Waals surface area contributed by atoms with E-state index in [1.807, 2.05) is 25.3 Å². The van der Waals surface area contributed by atoms with Crippen LogP contribution in [0.25, 0.3) is 10.9 Å². The Morgan fingerprint density at radius 1 is 1.18 bits per heavy atom. The Morgan fingerprint density at radius 3 is 2.61 bits per heavy atom. The zero-order valence-electron chi connectivity index (χ0n) is 18.8. The number of pyridine rings is 1. The van der Waals surface area contributed by atoms with Crippen molar-refractivity contribution in [1.29, 1.82) is 0 Å². The molecule has 1 aliphatic heterocycles. The average molecular weight is 453 g/mol. The number of rotatable bonds is 8. The number of benzene rings is 1. The van der Waals surface area contributed by atoms with Gasteiger partial charge in [0.25, 0.3) is 5.91 Å². The maximum absolute atomic E-state index is 13.2. The molecule has 0 aliphatic carbocycles. The fourth-order valence-electron chi connectivity index (χ4n) is 3.82. The van der Waals surface area contributed by atoms with E-state index in [9.17, 15) is 14.4 Å². The van der Waals surface area contributed by atoms with Gasteiger partial charge in [-0.15, -0.1) is 0 Å². The summed E-state index contributed by atoms with van der Waals surface area (Å²) in [6, 6.07) is 6.03. The number of furan rings is 1. The summed E-state index contributed by atoms with van der Waals surface area (Å²) in [5.74, 6) is 0.556. The molecule has 2 amide bonds. The first-order valence-electron chi connectivity index (χ1n) is 11.0. The molecule has 4 rings (SSSR count). The van der Waals surface area contributed by atoms with E-state index in [1.165, 1.54) is 12.5 Å². The largest absolute Gasteiger partial charge is 0.467 e. The first-order valence-corrected chi connectivity index (χ1v) is 11.0. The number of hydrogen-bond donors (Lipinski definition) is 2. The topological polar surface area (TPSA) is 112 Å². The minimum absolute atomic E-state index is 0.0321. The van der Waals surface area contributed by atoms with Crippen LogP contribution in [0.5, 0.6) is 11.5 Å². The van der Waals surface area contributed by atoms with E-state index in [4.69, 9.17) is 13.9 Å². The van der Waals surface area contributed by atoms with Gasteiger partial charge >= 0.3 is 0 Å². The van der Waals surface area contributed by atoms with E-state index in [1.54, 1.807) is 24.3 Å². The van der Waals surface area contributed by atoms with Gasteiger partial charge < -0.3 is 29.1 Å². The van der Waals surface area contributed by atoms with Crippen LogP contribution in [-0.2, 0) is 17.9 Å². The van der Waals surface area contributed by atoms with Gasteiger partial charge in [-0.2, -0.15) is 0 Å². The van der Waals surface area contributed by atoms with E-state index in [0.717, 1.165) is 0 Å². The molecule has 0 radical (unpaired) electrons. The van der Waals surface area contributed by atoms with Crippen LogP contribution in [0.2, 0.25) is 0 Å². The van der Waals surface area contributed by atoms with Gasteiger partial charge in [0.05, 0.1) is 23.7 Å². The highest BCUT2D eigenvalue weighted by molar-refractivity contribution is 6.00. The van der Waals surface area contributed by atoms with Gasteiger partial charge in [-0.05, 0) is 31.0 Å². The molecule has 1 unspecified atom stereocenters. The zero-order valence-corrected chi connectivity index (χ0v) is 18.8. The van der Waals surface area contributed by atoms with Gasteiger partial charge in [-0.3, -0.25) is 14.4 Å². The Hall–Kier alpha value is -3.75.